The van der Waals surface area contributed by atoms with Crippen LogP contribution in [0, 0.1) is 0 Å². The van der Waals surface area contributed by atoms with E-state index in [1.165, 1.54) is 18.4 Å². The lowest BCUT2D eigenvalue weighted by molar-refractivity contribution is 0.480. The molecule has 0 bridgehead atoms. The van der Waals surface area contributed by atoms with E-state index in [1.807, 2.05) is 16.9 Å². The minimum absolute atomic E-state index is 0.531. The van der Waals surface area contributed by atoms with E-state index in [4.69, 9.17) is 0 Å². The number of benzene rings is 1. The van der Waals surface area contributed by atoms with Crippen molar-refractivity contribution in [3.63, 3.8) is 0 Å². The van der Waals surface area contributed by atoms with Crippen molar-refractivity contribution in [2.75, 3.05) is 18.4 Å². The lowest BCUT2D eigenvalue weighted by Crippen LogP contribution is -2.38. The molecule has 1 fully saturated rings. The second-order valence-corrected chi connectivity index (χ2v) is 5.10. The minimum atomic E-state index is 0.531. The van der Waals surface area contributed by atoms with Crippen LogP contribution in [-0.4, -0.2) is 28.9 Å². The van der Waals surface area contributed by atoms with E-state index in [-0.39, 0.29) is 0 Å². The van der Waals surface area contributed by atoms with Crippen LogP contribution in [-0.2, 0) is 6.54 Å². The fourth-order valence-corrected chi connectivity index (χ4v) is 2.51. The molecule has 1 saturated heterocycles. The maximum absolute atomic E-state index is 4.41. The summed E-state index contributed by atoms with van der Waals surface area (Å²) >= 11 is 0. The van der Waals surface area contributed by atoms with Gasteiger partial charge in [0.2, 0.25) is 0 Å². The number of nitrogens with zero attached hydrogens (tertiary/aromatic N) is 2. The Morgan fingerprint density at radius 3 is 3.00 bits per heavy atom. The third-order valence-electron chi connectivity index (χ3n) is 3.49. The van der Waals surface area contributed by atoms with Gasteiger partial charge >= 0.3 is 0 Å². The van der Waals surface area contributed by atoms with Crippen LogP contribution in [0.5, 0.6) is 0 Å². The average molecular weight is 256 g/mol. The van der Waals surface area contributed by atoms with Gasteiger partial charge in [-0.3, -0.25) is 4.68 Å². The van der Waals surface area contributed by atoms with Crippen LogP contribution < -0.4 is 10.6 Å². The maximum atomic E-state index is 4.41. The molecule has 2 heterocycles. The molecule has 0 radical (unpaired) electrons. The molecule has 1 aliphatic rings. The van der Waals surface area contributed by atoms with E-state index in [0.29, 0.717) is 6.04 Å². The van der Waals surface area contributed by atoms with E-state index >= 15 is 0 Å². The first kappa shape index (κ1) is 12.2. The van der Waals surface area contributed by atoms with Gasteiger partial charge in [-0.2, -0.15) is 5.10 Å². The third kappa shape index (κ3) is 3.35. The Hall–Kier alpha value is -1.81. The number of piperidine rings is 1. The number of nitrogens with one attached hydrogen (secondary N) is 2. The van der Waals surface area contributed by atoms with Crippen LogP contribution >= 0.6 is 0 Å². The van der Waals surface area contributed by atoms with Gasteiger partial charge in [0.1, 0.15) is 0 Å². The second-order valence-electron chi connectivity index (χ2n) is 5.10. The summed E-state index contributed by atoms with van der Waals surface area (Å²) in [6.07, 6.45) is 6.48. The van der Waals surface area contributed by atoms with Gasteiger partial charge in [-0.1, -0.05) is 30.3 Å². The van der Waals surface area contributed by atoms with Crippen molar-refractivity contribution in [2.24, 2.45) is 0 Å². The van der Waals surface area contributed by atoms with Gasteiger partial charge in [0, 0.05) is 18.8 Å². The van der Waals surface area contributed by atoms with E-state index in [2.05, 4.69) is 46.2 Å². The first-order valence-electron chi connectivity index (χ1n) is 6.94. The first-order chi connectivity index (χ1) is 9.40. The Labute approximate surface area is 113 Å². The van der Waals surface area contributed by atoms with Gasteiger partial charge in [0.05, 0.1) is 18.4 Å². The molecule has 1 unspecified atom stereocenters. The van der Waals surface area contributed by atoms with Crippen LogP contribution in [0.25, 0.3) is 0 Å². The highest BCUT2D eigenvalue weighted by atomic mass is 15.3. The number of hydrogen-bond acceptors (Lipinski definition) is 3. The molecule has 4 nitrogen and oxygen atoms in total. The Kier molecular flexibility index (Phi) is 3.79. The molecule has 0 amide bonds. The van der Waals surface area contributed by atoms with Crippen LogP contribution in [0.2, 0.25) is 0 Å². The van der Waals surface area contributed by atoms with E-state index in [9.17, 15) is 0 Å². The molecular weight excluding hydrogens is 236 g/mol. The molecule has 2 aromatic rings. The zero-order valence-electron chi connectivity index (χ0n) is 11.0. The molecule has 4 heteroatoms. The minimum Gasteiger partial charge on any atom is -0.378 e. The summed E-state index contributed by atoms with van der Waals surface area (Å²) in [7, 11) is 0. The van der Waals surface area contributed by atoms with Crippen molar-refractivity contribution in [1.29, 1.82) is 0 Å². The van der Waals surface area contributed by atoms with E-state index in [1.54, 1.807) is 0 Å². The van der Waals surface area contributed by atoms with Crippen molar-refractivity contribution < 1.29 is 0 Å². The monoisotopic (exact) mass is 256 g/mol. The first-order valence-corrected chi connectivity index (χ1v) is 6.94. The van der Waals surface area contributed by atoms with Gasteiger partial charge in [-0.05, 0) is 24.9 Å². The van der Waals surface area contributed by atoms with Gasteiger partial charge in [-0.15, -0.1) is 0 Å². The number of anilines is 1. The molecule has 0 saturated carbocycles. The molecular formula is C15H20N4. The lowest BCUT2D eigenvalue weighted by Gasteiger charge is -2.23. The van der Waals surface area contributed by atoms with Crippen LogP contribution in [0.15, 0.2) is 42.7 Å². The highest BCUT2D eigenvalue weighted by Crippen LogP contribution is 2.12. The molecule has 19 heavy (non-hydrogen) atoms. The van der Waals surface area contributed by atoms with Crippen molar-refractivity contribution in [2.45, 2.75) is 25.4 Å². The molecule has 2 N–H and O–H groups in total. The summed E-state index contributed by atoms with van der Waals surface area (Å²) in [5.41, 5.74) is 2.39. The number of aromatic nitrogens is 2. The fraction of sp³-hybridized carbons (Fsp3) is 0.400. The van der Waals surface area contributed by atoms with Gasteiger partial charge < -0.3 is 10.6 Å². The molecule has 1 aromatic heterocycles. The molecule has 0 spiro atoms. The fourth-order valence-electron chi connectivity index (χ4n) is 2.51. The lowest BCUT2D eigenvalue weighted by atomic mass is 10.1. The predicted octanol–water partition coefficient (Wildman–Crippen LogP) is 2.10. The van der Waals surface area contributed by atoms with Crippen molar-refractivity contribution in [3.05, 3.63) is 48.3 Å². The molecule has 1 aliphatic heterocycles. The standard InChI is InChI=1S/C15H20N4/c1-2-5-13(6-3-1)11-19-12-15(10-17-19)18-14-7-4-8-16-9-14/h1-3,5-6,10,12,14,16,18H,4,7-9,11H2. The van der Waals surface area contributed by atoms with Crippen LogP contribution in [0.1, 0.15) is 18.4 Å². The SMILES string of the molecule is c1ccc(Cn2cc(NC3CCCNC3)cn2)cc1. The Bertz CT molecular complexity index is 500. The second kappa shape index (κ2) is 5.89. The highest BCUT2D eigenvalue weighted by Gasteiger charge is 2.12. The van der Waals surface area contributed by atoms with Gasteiger partial charge in [0.25, 0.3) is 0 Å². The average Bonchev–Trinajstić information content (AvgIpc) is 2.88. The topological polar surface area (TPSA) is 41.9 Å². The zero-order chi connectivity index (χ0) is 12.9. The number of rotatable bonds is 4. The zero-order valence-corrected chi connectivity index (χ0v) is 11.0. The third-order valence-corrected chi connectivity index (χ3v) is 3.49. The summed E-state index contributed by atoms with van der Waals surface area (Å²) in [5.74, 6) is 0. The van der Waals surface area contributed by atoms with Gasteiger partial charge in [0.15, 0.2) is 0 Å². The molecule has 3 rings (SSSR count). The molecule has 1 aromatic carbocycles. The molecule has 0 aliphatic carbocycles. The summed E-state index contributed by atoms with van der Waals surface area (Å²) in [4.78, 5) is 0. The summed E-state index contributed by atoms with van der Waals surface area (Å²) < 4.78 is 1.98. The Morgan fingerprint density at radius 2 is 2.21 bits per heavy atom. The summed E-state index contributed by atoms with van der Waals surface area (Å²) in [6.45, 7) is 3.01. The number of hydrogen-bond donors (Lipinski definition) is 2. The van der Waals surface area contributed by atoms with E-state index in [0.717, 1.165) is 25.3 Å². The largest absolute Gasteiger partial charge is 0.378 e. The van der Waals surface area contributed by atoms with E-state index < -0.39 is 0 Å². The van der Waals surface area contributed by atoms with Crippen molar-refractivity contribution in [3.8, 4) is 0 Å². The normalized spacial score (nSPS) is 19.3. The molecule has 1 atom stereocenters. The smallest absolute Gasteiger partial charge is 0.0729 e. The van der Waals surface area contributed by atoms with Crippen LogP contribution in [0.3, 0.4) is 0 Å². The maximum Gasteiger partial charge on any atom is 0.0729 e. The molecule has 100 valence electrons. The summed E-state index contributed by atoms with van der Waals surface area (Å²) in [5, 5.41) is 11.4. The Morgan fingerprint density at radius 1 is 1.32 bits per heavy atom. The highest BCUT2D eigenvalue weighted by molar-refractivity contribution is 5.39. The predicted molar refractivity (Wildman–Crippen MR) is 77.3 cm³/mol. The van der Waals surface area contributed by atoms with Crippen LogP contribution in [0.4, 0.5) is 5.69 Å². The van der Waals surface area contributed by atoms with Gasteiger partial charge in [-0.25, -0.2) is 0 Å². The summed E-state index contributed by atoms with van der Waals surface area (Å²) in [6, 6.07) is 10.9. The Balaban J connectivity index is 1.59. The van der Waals surface area contributed by atoms with Crippen molar-refractivity contribution in [1.82, 2.24) is 15.1 Å². The van der Waals surface area contributed by atoms with Crippen molar-refractivity contribution >= 4 is 5.69 Å². The quantitative estimate of drug-likeness (QED) is 0.880.